The summed E-state index contributed by atoms with van der Waals surface area (Å²) >= 11 is 0. The van der Waals surface area contributed by atoms with Gasteiger partial charge < -0.3 is 10.1 Å². The van der Waals surface area contributed by atoms with Gasteiger partial charge in [0, 0.05) is 17.8 Å². The number of ether oxygens (including phenoxy) is 1. The van der Waals surface area contributed by atoms with E-state index in [1.807, 2.05) is 19.9 Å². The van der Waals surface area contributed by atoms with Crippen molar-refractivity contribution in [2.45, 2.75) is 38.2 Å². The van der Waals surface area contributed by atoms with E-state index in [0.717, 1.165) is 6.42 Å². The zero-order valence-electron chi connectivity index (χ0n) is 18.5. The summed E-state index contributed by atoms with van der Waals surface area (Å²) in [4.78, 5) is 12.7. The fraction of sp³-hybridized carbons (Fsp3) is 0.240. The molecule has 0 spiro atoms. The molecule has 0 radical (unpaired) electrons. The van der Waals surface area contributed by atoms with Crippen LogP contribution >= 0.6 is 0 Å². The molecule has 32 heavy (non-hydrogen) atoms. The number of hydrogen-bond donors (Lipinski definition) is 1. The predicted octanol–water partition coefficient (Wildman–Crippen LogP) is 5.33. The lowest BCUT2D eigenvalue weighted by Crippen LogP contribution is -2.30. The number of nitrogens with zero attached hydrogens (tertiary/aromatic N) is 1. The summed E-state index contributed by atoms with van der Waals surface area (Å²) in [6.07, 6.45) is 1.00. The molecule has 1 unspecified atom stereocenters. The molecule has 3 rings (SSSR count). The van der Waals surface area contributed by atoms with E-state index in [0.29, 0.717) is 29.2 Å². The second kappa shape index (κ2) is 10.3. The second-order valence-corrected chi connectivity index (χ2v) is 9.21. The van der Waals surface area contributed by atoms with Crippen LogP contribution in [-0.4, -0.2) is 27.0 Å². The highest BCUT2D eigenvalue weighted by molar-refractivity contribution is 7.92. The molecule has 0 saturated heterocycles. The van der Waals surface area contributed by atoms with Crippen LogP contribution in [0.25, 0.3) is 0 Å². The Kier molecular flexibility index (Phi) is 7.53. The van der Waals surface area contributed by atoms with Crippen LogP contribution in [0.2, 0.25) is 0 Å². The van der Waals surface area contributed by atoms with Gasteiger partial charge in [-0.05, 0) is 80.9 Å². The average Bonchev–Trinajstić information content (AvgIpc) is 2.81. The Hall–Kier alpha value is -3.32. The highest BCUT2D eigenvalue weighted by Gasteiger charge is 2.23. The van der Waals surface area contributed by atoms with Gasteiger partial charge in [-0.25, -0.2) is 8.42 Å². The maximum Gasteiger partial charge on any atom is 0.264 e. The van der Waals surface area contributed by atoms with Gasteiger partial charge in [0.05, 0.1) is 16.7 Å². The Morgan fingerprint density at radius 3 is 2.12 bits per heavy atom. The molecule has 0 heterocycles. The number of para-hydroxylation sites is 1. The summed E-state index contributed by atoms with van der Waals surface area (Å²) in [5.41, 5.74) is 1.60. The molecule has 1 N–H and O–H groups in total. The molecule has 1 atom stereocenters. The van der Waals surface area contributed by atoms with Crippen LogP contribution in [-0.2, 0) is 10.0 Å². The van der Waals surface area contributed by atoms with Crippen LogP contribution in [0.15, 0.2) is 83.8 Å². The monoisotopic (exact) mass is 452 g/mol. The van der Waals surface area contributed by atoms with Gasteiger partial charge in [0.15, 0.2) is 0 Å². The summed E-state index contributed by atoms with van der Waals surface area (Å²) < 4.78 is 33.2. The van der Waals surface area contributed by atoms with Crippen LogP contribution in [0.5, 0.6) is 5.75 Å². The number of carbonyl (C=O) groups is 1. The molecular weight excluding hydrogens is 424 g/mol. The maximum absolute atomic E-state index is 13.1. The summed E-state index contributed by atoms with van der Waals surface area (Å²) in [7, 11) is -3.71. The van der Waals surface area contributed by atoms with Crippen molar-refractivity contribution in [2.24, 2.45) is 0 Å². The molecule has 0 saturated carbocycles. The van der Waals surface area contributed by atoms with E-state index in [1.165, 1.54) is 16.4 Å². The summed E-state index contributed by atoms with van der Waals surface area (Å²) in [6.45, 7) is 6.13. The zero-order valence-corrected chi connectivity index (χ0v) is 19.3. The Labute approximate surface area is 189 Å². The van der Waals surface area contributed by atoms with Gasteiger partial charge in [0.2, 0.25) is 0 Å². The molecule has 0 aliphatic rings. The zero-order chi connectivity index (χ0) is 23.1. The van der Waals surface area contributed by atoms with Crippen molar-refractivity contribution in [1.82, 2.24) is 0 Å². The van der Waals surface area contributed by atoms with E-state index in [1.54, 1.807) is 67.6 Å². The normalized spacial score (nSPS) is 12.1. The predicted molar refractivity (Wildman–Crippen MR) is 128 cm³/mol. The number of rotatable bonds is 9. The lowest BCUT2D eigenvalue weighted by Gasteiger charge is -2.23. The lowest BCUT2D eigenvalue weighted by molar-refractivity contribution is 0.102. The fourth-order valence-corrected chi connectivity index (χ4v) is 4.60. The SMILES string of the molecule is CCC(C)Oc1ccc(C(=O)Nc2ccc(S(=O)(=O)N(CC)c3ccccc3)cc2)cc1. The van der Waals surface area contributed by atoms with Crippen molar-refractivity contribution in [1.29, 1.82) is 0 Å². The van der Waals surface area contributed by atoms with E-state index < -0.39 is 10.0 Å². The van der Waals surface area contributed by atoms with Gasteiger partial charge in [-0.3, -0.25) is 9.10 Å². The van der Waals surface area contributed by atoms with Crippen LogP contribution in [0.1, 0.15) is 37.6 Å². The second-order valence-electron chi connectivity index (χ2n) is 7.34. The number of anilines is 2. The first-order chi connectivity index (χ1) is 15.3. The molecule has 1 amide bonds. The third-order valence-electron chi connectivity index (χ3n) is 5.06. The Morgan fingerprint density at radius 2 is 1.56 bits per heavy atom. The molecule has 3 aromatic rings. The number of carbonyl (C=O) groups excluding carboxylic acids is 1. The number of hydrogen-bond acceptors (Lipinski definition) is 4. The van der Waals surface area contributed by atoms with Crippen LogP contribution in [0.4, 0.5) is 11.4 Å². The molecule has 168 valence electrons. The first-order valence-electron chi connectivity index (χ1n) is 10.6. The summed E-state index contributed by atoms with van der Waals surface area (Å²) in [5, 5.41) is 2.80. The Morgan fingerprint density at radius 1 is 0.938 bits per heavy atom. The number of sulfonamides is 1. The molecule has 6 nitrogen and oxygen atoms in total. The molecular formula is C25H28N2O4S. The Bertz CT molecular complexity index is 1130. The van der Waals surface area contributed by atoms with Crippen molar-refractivity contribution in [2.75, 3.05) is 16.2 Å². The summed E-state index contributed by atoms with van der Waals surface area (Å²) in [6, 6.07) is 22.1. The standard InChI is InChI=1S/C25H28N2O4S/c1-4-19(3)31-23-15-11-20(12-16-23)25(28)26-21-13-17-24(18-14-21)32(29,30)27(5-2)22-9-7-6-8-10-22/h6-19H,4-5H2,1-3H3,(H,26,28). The highest BCUT2D eigenvalue weighted by atomic mass is 32.2. The maximum atomic E-state index is 13.1. The molecule has 3 aromatic carbocycles. The summed E-state index contributed by atoms with van der Waals surface area (Å²) in [5.74, 6) is 0.430. The third kappa shape index (κ3) is 5.48. The largest absolute Gasteiger partial charge is 0.491 e. The first-order valence-corrected chi connectivity index (χ1v) is 12.0. The molecule has 0 fully saturated rings. The van der Waals surface area contributed by atoms with Gasteiger partial charge in [-0.2, -0.15) is 0 Å². The van der Waals surface area contributed by atoms with Crippen LogP contribution in [0, 0.1) is 0 Å². The number of nitrogens with one attached hydrogen (secondary N) is 1. The topological polar surface area (TPSA) is 75.7 Å². The van der Waals surface area contributed by atoms with Crippen molar-refractivity contribution in [3.63, 3.8) is 0 Å². The molecule has 0 aliphatic heterocycles. The van der Waals surface area contributed by atoms with Gasteiger partial charge in [-0.1, -0.05) is 25.1 Å². The van der Waals surface area contributed by atoms with Gasteiger partial charge in [0.1, 0.15) is 5.75 Å². The van der Waals surface area contributed by atoms with Crippen molar-refractivity contribution >= 4 is 27.3 Å². The van der Waals surface area contributed by atoms with E-state index in [4.69, 9.17) is 4.74 Å². The van der Waals surface area contributed by atoms with Crippen molar-refractivity contribution in [3.05, 3.63) is 84.4 Å². The van der Waals surface area contributed by atoms with Gasteiger partial charge >= 0.3 is 0 Å². The van der Waals surface area contributed by atoms with Crippen LogP contribution < -0.4 is 14.4 Å². The van der Waals surface area contributed by atoms with E-state index >= 15 is 0 Å². The minimum atomic E-state index is -3.71. The van der Waals surface area contributed by atoms with Gasteiger partial charge in [-0.15, -0.1) is 0 Å². The molecule has 0 aliphatic carbocycles. The van der Waals surface area contributed by atoms with E-state index in [2.05, 4.69) is 5.32 Å². The lowest BCUT2D eigenvalue weighted by atomic mass is 10.2. The molecule has 7 heteroatoms. The molecule has 0 aromatic heterocycles. The van der Waals surface area contributed by atoms with E-state index in [-0.39, 0.29) is 16.9 Å². The average molecular weight is 453 g/mol. The number of benzene rings is 3. The third-order valence-corrected chi connectivity index (χ3v) is 6.98. The van der Waals surface area contributed by atoms with Crippen molar-refractivity contribution in [3.8, 4) is 5.75 Å². The fourth-order valence-electron chi connectivity index (χ4n) is 3.13. The smallest absolute Gasteiger partial charge is 0.264 e. The minimum Gasteiger partial charge on any atom is -0.491 e. The Balaban J connectivity index is 1.71. The van der Waals surface area contributed by atoms with Gasteiger partial charge in [0.25, 0.3) is 15.9 Å². The molecule has 0 bridgehead atoms. The minimum absolute atomic E-state index is 0.106. The van der Waals surface area contributed by atoms with E-state index in [9.17, 15) is 13.2 Å². The highest BCUT2D eigenvalue weighted by Crippen LogP contribution is 2.24. The quantitative estimate of drug-likeness (QED) is 0.476. The first kappa shape index (κ1) is 23.3. The number of amides is 1. The van der Waals surface area contributed by atoms with Crippen LogP contribution in [0.3, 0.4) is 0 Å². The van der Waals surface area contributed by atoms with Crippen molar-refractivity contribution < 1.29 is 17.9 Å².